The zero-order valence-electron chi connectivity index (χ0n) is 9.12. The number of fused-ring (bicyclic) bond motifs is 1. The van der Waals surface area contributed by atoms with Gasteiger partial charge in [-0.3, -0.25) is 9.48 Å². The minimum Gasteiger partial charge on any atom is -0.454 e. The summed E-state index contributed by atoms with van der Waals surface area (Å²) in [5, 5.41) is 8.29. The van der Waals surface area contributed by atoms with Crippen molar-refractivity contribution < 1.29 is 4.42 Å². The molecule has 0 spiro atoms. The van der Waals surface area contributed by atoms with Crippen molar-refractivity contribution in [1.29, 1.82) is 0 Å². The predicted molar refractivity (Wildman–Crippen MR) is 62.5 cm³/mol. The normalized spacial score (nSPS) is 10.9. The minimum atomic E-state index is -0.0764. The molecule has 5 nitrogen and oxygen atoms in total. The largest absolute Gasteiger partial charge is 0.454 e. The van der Waals surface area contributed by atoms with Gasteiger partial charge >= 0.3 is 0 Å². The number of hydrogen-bond acceptors (Lipinski definition) is 4. The maximum Gasteiger partial charge on any atom is 0.193 e. The molecule has 0 atom stereocenters. The summed E-state index contributed by atoms with van der Waals surface area (Å²) < 4.78 is 7.19. The Kier molecular flexibility index (Phi) is 2.04. The zero-order chi connectivity index (χ0) is 11.8. The maximum atomic E-state index is 11.9. The van der Waals surface area contributed by atoms with Gasteiger partial charge in [0.2, 0.25) is 0 Å². The smallest absolute Gasteiger partial charge is 0.193 e. The van der Waals surface area contributed by atoms with Gasteiger partial charge in [-0.05, 0) is 12.1 Å². The average Bonchev–Trinajstić information content (AvgIpc) is 2.76. The molecule has 0 N–H and O–H groups in total. The summed E-state index contributed by atoms with van der Waals surface area (Å²) in [6.07, 6.45) is 1.70. The second kappa shape index (κ2) is 3.55. The topological polar surface area (TPSA) is 60.9 Å². The second-order valence-electron chi connectivity index (χ2n) is 3.75. The van der Waals surface area contributed by atoms with Crippen molar-refractivity contribution in [2.45, 2.75) is 0 Å². The van der Waals surface area contributed by atoms with Gasteiger partial charge in [0, 0.05) is 13.1 Å². The molecule has 0 radical (unpaired) electrons. The third-order valence-electron chi connectivity index (χ3n) is 2.49. The van der Waals surface area contributed by atoms with E-state index in [4.69, 9.17) is 4.42 Å². The molecule has 1 aromatic carbocycles. The minimum absolute atomic E-state index is 0.0764. The number of benzene rings is 1. The molecule has 0 saturated heterocycles. The number of hydrogen-bond donors (Lipinski definition) is 0. The van der Waals surface area contributed by atoms with Gasteiger partial charge in [-0.2, -0.15) is 0 Å². The lowest BCUT2D eigenvalue weighted by Gasteiger charge is -1.98. The van der Waals surface area contributed by atoms with Gasteiger partial charge in [-0.15, -0.1) is 5.10 Å². The van der Waals surface area contributed by atoms with Crippen molar-refractivity contribution >= 4 is 11.0 Å². The van der Waals surface area contributed by atoms with Gasteiger partial charge in [-0.1, -0.05) is 17.3 Å². The Hall–Kier alpha value is -2.43. The Morgan fingerprint density at radius 3 is 2.88 bits per heavy atom. The molecule has 3 aromatic rings. The standard InChI is InChI=1S/C12H9N3O2/c1-15-7-9(13-14-15)12-6-10(16)8-4-2-3-5-11(8)17-12/h2-7H,1H3. The van der Waals surface area contributed by atoms with Crippen molar-refractivity contribution in [1.82, 2.24) is 15.0 Å². The van der Waals surface area contributed by atoms with Crippen molar-refractivity contribution in [3.05, 3.63) is 46.8 Å². The van der Waals surface area contributed by atoms with Crippen LogP contribution in [0.4, 0.5) is 0 Å². The fraction of sp³-hybridized carbons (Fsp3) is 0.0833. The third-order valence-corrected chi connectivity index (χ3v) is 2.49. The summed E-state index contributed by atoms with van der Waals surface area (Å²) in [5.41, 5.74) is 1.03. The summed E-state index contributed by atoms with van der Waals surface area (Å²) in [6.45, 7) is 0. The van der Waals surface area contributed by atoms with E-state index in [-0.39, 0.29) is 5.43 Å². The van der Waals surface area contributed by atoms with Crippen LogP contribution in [0.3, 0.4) is 0 Å². The van der Waals surface area contributed by atoms with Crippen LogP contribution in [-0.2, 0) is 7.05 Å². The SMILES string of the molecule is Cn1cc(-c2cc(=O)c3ccccc3o2)nn1. The molecule has 84 valence electrons. The van der Waals surface area contributed by atoms with Crippen LogP contribution in [0.5, 0.6) is 0 Å². The van der Waals surface area contributed by atoms with Crippen LogP contribution in [0.2, 0.25) is 0 Å². The van der Waals surface area contributed by atoms with Crippen LogP contribution >= 0.6 is 0 Å². The third kappa shape index (κ3) is 1.61. The lowest BCUT2D eigenvalue weighted by molar-refractivity contribution is 0.615. The Labute approximate surface area is 96.3 Å². The number of nitrogens with zero attached hydrogens (tertiary/aromatic N) is 3. The van der Waals surface area contributed by atoms with Gasteiger partial charge < -0.3 is 4.42 Å². The molecular formula is C12H9N3O2. The molecule has 5 heteroatoms. The molecule has 2 heterocycles. The summed E-state index contributed by atoms with van der Waals surface area (Å²) in [7, 11) is 1.76. The van der Waals surface area contributed by atoms with Crippen LogP contribution in [0.15, 0.2) is 45.7 Å². The summed E-state index contributed by atoms with van der Waals surface area (Å²) >= 11 is 0. The molecule has 3 rings (SSSR count). The average molecular weight is 227 g/mol. The van der Waals surface area contributed by atoms with Crippen molar-refractivity contribution in [3.8, 4) is 11.5 Å². The van der Waals surface area contributed by atoms with Crippen molar-refractivity contribution in [2.75, 3.05) is 0 Å². The van der Waals surface area contributed by atoms with E-state index in [2.05, 4.69) is 10.3 Å². The van der Waals surface area contributed by atoms with Gasteiger partial charge in [0.1, 0.15) is 11.3 Å². The molecular weight excluding hydrogens is 218 g/mol. The van der Waals surface area contributed by atoms with E-state index >= 15 is 0 Å². The highest BCUT2D eigenvalue weighted by Gasteiger charge is 2.08. The summed E-state index contributed by atoms with van der Waals surface area (Å²) in [4.78, 5) is 11.9. The number of aryl methyl sites for hydroxylation is 1. The second-order valence-corrected chi connectivity index (χ2v) is 3.75. The van der Waals surface area contributed by atoms with Crippen molar-refractivity contribution in [2.24, 2.45) is 7.05 Å². The fourth-order valence-corrected chi connectivity index (χ4v) is 1.69. The maximum absolute atomic E-state index is 11.9. The molecule has 0 fully saturated rings. The Bertz CT molecular complexity index is 743. The Morgan fingerprint density at radius 2 is 2.12 bits per heavy atom. The Morgan fingerprint density at radius 1 is 1.29 bits per heavy atom. The molecule has 0 unspecified atom stereocenters. The van der Waals surface area contributed by atoms with E-state index < -0.39 is 0 Å². The molecule has 2 aromatic heterocycles. The zero-order valence-corrected chi connectivity index (χ0v) is 9.12. The number of rotatable bonds is 1. The van der Waals surface area contributed by atoms with E-state index in [1.165, 1.54) is 6.07 Å². The van der Waals surface area contributed by atoms with Crippen LogP contribution < -0.4 is 5.43 Å². The van der Waals surface area contributed by atoms with Gasteiger partial charge in [0.25, 0.3) is 0 Å². The predicted octanol–water partition coefficient (Wildman–Crippen LogP) is 1.59. The highest BCUT2D eigenvalue weighted by atomic mass is 16.3. The molecule has 0 aliphatic heterocycles. The first-order chi connectivity index (χ1) is 8.24. The highest BCUT2D eigenvalue weighted by Crippen LogP contribution is 2.19. The van der Waals surface area contributed by atoms with Crippen LogP contribution in [0, 0.1) is 0 Å². The highest BCUT2D eigenvalue weighted by molar-refractivity contribution is 5.77. The lowest BCUT2D eigenvalue weighted by atomic mass is 10.2. The molecule has 0 aliphatic rings. The van der Waals surface area contributed by atoms with E-state index in [1.54, 1.807) is 36.1 Å². The number of aromatic nitrogens is 3. The van der Waals surface area contributed by atoms with E-state index in [0.717, 1.165) is 0 Å². The molecule has 17 heavy (non-hydrogen) atoms. The first-order valence-corrected chi connectivity index (χ1v) is 5.13. The van der Waals surface area contributed by atoms with E-state index in [9.17, 15) is 4.79 Å². The molecule has 0 bridgehead atoms. The molecule has 0 amide bonds. The quantitative estimate of drug-likeness (QED) is 0.633. The first-order valence-electron chi connectivity index (χ1n) is 5.13. The van der Waals surface area contributed by atoms with Crippen molar-refractivity contribution in [3.63, 3.8) is 0 Å². The van der Waals surface area contributed by atoms with Crippen LogP contribution in [0.1, 0.15) is 0 Å². The molecule has 0 saturated carbocycles. The lowest BCUT2D eigenvalue weighted by Crippen LogP contribution is -1.99. The van der Waals surface area contributed by atoms with Gasteiger partial charge in [-0.25, -0.2) is 0 Å². The van der Waals surface area contributed by atoms with Gasteiger partial charge in [0.05, 0.1) is 11.6 Å². The van der Waals surface area contributed by atoms with Crippen LogP contribution in [0.25, 0.3) is 22.4 Å². The fourth-order valence-electron chi connectivity index (χ4n) is 1.69. The van der Waals surface area contributed by atoms with E-state index in [1.807, 2.05) is 6.07 Å². The monoisotopic (exact) mass is 227 g/mol. The summed E-state index contributed by atoms with van der Waals surface area (Å²) in [5.74, 6) is 0.432. The molecule has 0 aliphatic carbocycles. The number of para-hydroxylation sites is 1. The first kappa shape index (κ1) is 9.77. The van der Waals surface area contributed by atoms with Gasteiger partial charge in [0.15, 0.2) is 11.2 Å². The van der Waals surface area contributed by atoms with E-state index in [0.29, 0.717) is 22.4 Å². The summed E-state index contributed by atoms with van der Waals surface area (Å²) in [6, 6.07) is 8.57. The Balaban J connectivity index is 2.29. The van der Waals surface area contributed by atoms with Crippen LogP contribution in [-0.4, -0.2) is 15.0 Å².